The zero-order chi connectivity index (χ0) is 13.5. The van der Waals surface area contributed by atoms with E-state index in [0.29, 0.717) is 24.0 Å². The number of rotatable bonds is 2. The predicted octanol–water partition coefficient (Wildman–Crippen LogP) is 2.20. The predicted molar refractivity (Wildman–Crippen MR) is 73.3 cm³/mol. The first-order chi connectivity index (χ1) is 9.06. The summed E-state index contributed by atoms with van der Waals surface area (Å²) in [7, 11) is -3.25. The highest BCUT2D eigenvalue weighted by Crippen LogP contribution is 2.33. The molecule has 19 heavy (non-hydrogen) atoms. The molecule has 7 heteroatoms. The molecule has 0 atom stereocenters. The lowest BCUT2D eigenvalue weighted by molar-refractivity contribution is 0.461. The maximum Gasteiger partial charge on any atom is 0.224 e. The van der Waals surface area contributed by atoms with E-state index in [0.717, 1.165) is 12.8 Å². The number of aromatic nitrogens is 2. The standard InChI is InChI=1S/C12H16ClN3O2S/c13-12-15-9-6-7-19(17,18)10(9)11(16-12)14-8-4-2-1-3-5-8/h8H,1-7H2,(H,14,15,16). The van der Waals surface area contributed by atoms with Gasteiger partial charge in [-0.05, 0) is 24.4 Å². The summed E-state index contributed by atoms with van der Waals surface area (Å²) >= 11 is 5.88. The van der Waals surface area contributed by atoms with Gasteiger partial charge in [0.1, 0.15) is 10.7 Å². The Morgan fingerprint density at radius 1 is 1.16 bits per heavy atom. The van der Waals surface area contributed by atoms with Crippen LogP contribution < -0.4 is 5.32 Å². The molecule has 1 aromatic rings. The molecule has 104 valence electrons. The van der Waals surface area contributed by atoms with Crippen LogP contribution in [-0.2, 0) is 16.3 Å². The number of fused-ring (bicyclic) bond motifs is 1. The van der Waals surface area contributed by atoms with Crippen LogP contribution in [0.15, 0.2) is 4.90 Å². The molecule has 1 aliphatic heterocycles. The molecule has 5 nitrogen and oxygen atoms in total. The van der Waals surface area contributed by atoms with Gasteiger partial charge in [-0.25, -0.2) is 13.4 Å². The Morgan fingerprint density at radius 3 is 2.63 bits per heavy atom. The van der Waals surface area contributed by atoms with Crippen LogP contribution in [0.25, 0.3) is 0 Å². The van der Waals surface area contributed by atoms with E-state index in [2.05, 4.69) is 15.3 Å². The number of nitrogens with one attached hydrogen (secondary N) is 1. The molecular formula is C12H16ClN3O2S. The fourth-order valence-corrected chi connectivity index (χ4v) is 4.59. The smallest absolute Gasteiger partial charge is 0.224 e. The first-order valence-corrected chi connectivity index (χ1v) is 8.65. The van der Waals surface area contributed by atoms with E-state index in [9.17, 15) is 8.42 Å². The summed E-state index contributed by atoms with van der Waals surface area (Å²) < 4.78 is 24.1. The molecule has 1 N–H and O–H groups in total. The molecule has 0 spiro atoms. The van der Waals surface area contributed by atoms with Gasteiger partial charge >= 0.3 is 0 Å². The molecule has 1 aliphatic carbocycles. The third-order valence-corrected chi connectivity index (χ3v) is 5.73. The number of anilines is 1. The van der Waals surface area contributed by atoms with Gasteiger partial charge in [0.15, 0.2) is 9.84 Å². The third kappa shape index (κ3) is 2.56. The van der Waals surface area contributed by atoms with Crippen molar-refractivity contribution >= 4 is 27.3 Å². The maximum absolute atomic E-state index is 12.1. The van der Waals surface area contributed by atoms with E-state index in [1.807, 2.05) is 0 Å². The van der Waals surface area contributed by atoms with Gasteiger partial charge in [-0.2, -0.15) is 4.98 Å². The van der Waals surface area contributed by atoms with E-state index in [4.69, 9.17) is 11.6 Å². The van der Waals surface area contributed by atoms with Crippen molar-refractivity contribution in [2.24, 2.45) is 0 Å². The Labute approximate surface area is 117 Å². The van der Waals surface area contributed by atoms with E-state index in [1.165, 1.54) is 19.3 Å². The van der Waals surface area contributed by atoms with Gasteiger partial charge in [0.2, 0.25) is 5.28 Å². The Morgan fingerprint density at radius 2 is 1.89 bits per heavy atom. The summed E-state index contributed by atoms with van der Waals surface area (Å²) in [6.07, 6.45) is 6.13. The summed E-state index contributed by atoms with van der Waals surface area (Å²) in [6, 6.07) is 0.291. The van der Waals surface area contributed by atoms with E-state index >= 15 is 0 Å². The lowest BCUT2D eigenvalue weighted by Gasteiger charge is -2.24. The molecule has 0 bridgehead atoms. The summed E-state index contributed by atoms with van der Waals surface area (Å²) in [4.78, 5) is 8.40. The van der Waals surface area contributed by atoms with Gasteiger partial charge in [-0.3, -0.25) is 0 Å². The van der Waals surface area contributed by atoms with Crippen molar-refractivity contribution < 1.29 is 8.42 Å². The Balaban J connectivity index is 1.97. The maximum atomic E-state index is 12.1. The fourth-order valence-electron chi connectivity index (χ4n) is 2.83. The molecule has 2 heterocycles. The molecule has 1 aromatic heterocycles. The largest absolute Gasteiger partial charge is 0.366 e. The van der Waals surface area contributed by atoms with Crippen LogP contribution in [0.2, 0.25) is 5.28 Å². The van der Waals surface area contributed by atoms with Gasteiger partial charge in [0, 0.05) is 12.5 Å². The molecule has 0 radical (unpaired) electrons. The molecule has 1 fully saturated rings. The van der Waals surface area contributed by atoms with Crippen molar-refractivity contribution in [2.45, 2.75) is 49.5 Å². The third-order valence-electron chi connectivity index (χ3n) is 3.77. The Bertz CT molecular complexity index is 597. The normalized spacial score (nSPS) is 22.2. The van der Waals surface area contributed by atoms with E-state index < -0.39 is 9.84 Å². The molecule has 0 saturated heterocycles. The minimum absolute atomic E-state index is 0.108. The van der Waals surface area contributed by atoms with Gasteiger partial charge in [0.05, 0.1) is 11.4 Å². The zero-order valence-corrected chi connectivity index (χ0v) is 12.1. The Kier molecular flexibility index (Phi) is 3.39. The first kappa shape index (κ1) is 13.1. The topological polar surface area (TPSA) is 72.0 Å². The lowest BCUT2D eigenvalue weighted by Crippen LogP contribution is -2.24. The Hall–Kier alpha value is -0.880. The van der Waals surface area contributed by atoms with Gasteiger partial charge < -0.3 is 5.32 Å². The second-order valence-corrected chi connectivity index (χ2v) is 7.55. The number of sulfone groups is 1. The van der Waals surface area contributed by atoms with Gasteiger partial charge in [-0.15, -0.1) is 0 Å². The first-order valence-electron chi connectivity index (χ1n) is 6.62. The summed E-state index contributed by atoms with van der Waals surface area (Å²) in [6.45, 7) is 0. The highest BCUT2D eigenvalue weighted by Gasteiger charge is 2.33. The average Bonchev–Trinajstić information content (AvgIpc) is 2.66. The summed E-state index contributed by atoms with van der Waals surface area (Å²) in [5.74, 6) is 0.510. The van der Waals surface area contributed by atoms with Crippen molar-refractivity contribution in [2.75, 3.05) is 11.1 Å². The molecule has 0 unspecified atom stereocenters. The minimum atomic E-state index is -3.25. The summed E-state index contributed by atoms with van der Waals surface area (Å²) in [5.41, 5.74) is 0.554. The average molecular weight is 302 g/mol. The van der Waals surface area contributed by atoms with E-state index in [-0.39, 0.29) is 15.9 Å². The molecular weight excluding hydrogens is 286 g/mol. The van der Waals surface area contributed by atoms with Crippen molar-refractivity contribution in [3.8, 4) is 0 Å². The fraction of sp³-hybridized carbons (Fsp3) is 0.667. The van der Waals surface area contributed by atoms with Gasteiger partial charge in [0.25, 0.3) is 0 Å². The number of nitrogens with zero attached hydrogens (tertiary/aromatic N) is 2. The van der Waals surface area contributed by atoms with Crippen molar-refractivity contribution in [1.29, 1.82) is 0 Å². The van der Waals surface area contributed by atoms with Crippen LogP contribution in [0.5, 0.6) is 0 Å². The van der Waals surface area contributed by atoms with Crippen molar-refractivity contribution in [3.05, 3.63) is 11.0 Å². The molecule has 0 aromatic carbocycles. The van der Waals surface area contributed by atoms with Gasteiger partial charge in [-0.1, -0.05) is 19.3 Å². The second kappa shape index (κ2) is 4.90. The number of hydrogen-bond donors (Lipinski definition) is 1. The highest BCUT2D eigenvalue weighted by atomic mass is 35.5. The lowest BCUT2D eigenvalue weighted by atomic mass is 9.95. The van der Waals surface area contributed by atoms with Crippen LogP contribution in [0, 0.1) is 0 Å². The minimum Gasteiger partial charge on any atom is -0.366 e. The van der Waals surface area contributed by atoms with Crippen LogP contribution in [0.1, 0.15) is 37.8 Å². The quantitative estimate of drug-likeness (QED) is 0.848. The van der Waals surface area contributed by atoms with Crippen LogP contribution in [-0.4, -0.2) is 30.2 Å². The number of hydrogen-bond acceptors (Lipinski definition) is 5. The monoisotopic (exact) mass is 301 g/mol. The zero-order valence-electron chi connectivity index (χ0n) is 10.5. The van der Waals surface area contributed by atoms with Crippen LogP contribution >= 0.6 is 11.6 Å². The molecule has 1 saturated carbocycles. The van der Waals surface area contributed by atoms with Crippen LogP contribution in [0.3, 0.4) is 0 Å². The number of halogens is 1. The van der Waals surface area contributed by atoms with Crippen molar-refractivity contribution in [3.63, 3.8) is 0 Å². The van der Waals surface area contributed by atoms with E-state index in [1.54, 1.807) is 0 Å². The molecule has 2 aliphatic rings. The SMILES string of the molecule is O=S1(=O)CCc2nc(Cl)nc(NC3CCCCC3)c21. The highest BCUT2D eigenvalue weighted by molar-refractivity contribution is 7.91. The second-order valence-electron chi connectivity index (χ2n) is 5.17. The van der Waals surface area contributed by atoms with Crippen molar-refractivity contribution in [1.82, 2.24) is 9.97 Å². The summed E-state index contributed by atoms with van der Waals surface area (Å²) in [5, 5.41) is 3.38. The van der Waals surface area contributed by atoms with Crippen LogP contribution in [0.4, 0.5) is 5.82 Å². The number of aryl methyl sites for hydroxylation is 1. The molecule has 3 rings (SSSR count). The molecule has 0 amide bonds.